The van der Waals surface area contributed by atoms with Crippen LogP contribution in [0.2, 0.25) is 0 Å². The third-order valence-electron chi connectivity index (χ3n) is 2.98. The number of hydrogen-bond acceptors (Lipinski definition) is 3. The van der Waals surface area contributed by atoms with Crippen LogP contribution in [0.5, 0.6) is 0 Å². The van der Waals surface area contributed by atoms with Crippen molar-refractivity contribution in [3.8, 4) is 0 Å². The van der Waals surface area contributed by atoms with E-state index in [0.29, 0.717) is 6.54 Å². The lowest BCUT2D eigenvalue weighted by molar-refractivity contribution is -0.131. The zero-order valence-electron chi connectivity index (χ0n) is 10.2. The summed E-state index contributed by atoms with van der Waals surface area (Å²) < 4.78 is 0. The zero-order valence-corrected chi connectivity index (χ0v) is 10.2. The van der Waals surface area contributed by atoms with E-state index in [-0.39, 0.29) is 5.91 Å². The normalized spacial score (nSPS) is 18.4. The van der Waals surface area contributed by atoms with Crippen molar-refractivity contribution in [1.29, 1.82) is 0 Å². The Hall–Kier alpha value is -1.36. The first kappa shape index (κ1) is 13.7. The van der Waals surface area contributed by atoms with Crippen LogP contribution in [0.15, 0.2) is 12.2 Å². The second kappa shape index (κ2) is 7.06. The highest BCUT2D eigenvalue weighted by molar-refractivity contribution is 5.93. The van der Waals surface area contributed by atoms with Crippen LogP contribution in [0, 0.1) is 5.92 Å². The van der Waals surface area contributed by atoms with E-state index in [1.54, 1.807) is 0 Å². The number of amides is 1. The number of aliphatic carboxylic acids is 1. The molecule has 1 aliphatic rings. The van der Waals surface area contributed by atoms with E-state index in [1.807, 2.05) is 0 Å². The first-order chi connectivity index (χ1) is 8.08. The van der Waals surface area contributed by atoms with Crippen LogP contribution in [0.1, 0.15) is 19.8 Å². The summed E-state index contributed by atoms with van der Waals surface area (Å²) >= 11 is 0. The van der Waals surface area contributed by atoms with Crippen LogP contribution >= 0.6 is 0 Å². The number of rotatable bonds is 5. The monoisotopic (exact) mass is 240 g/mol. The van der Waals surface area contributed by atoms with E-state index >= 15 is 0 Å². The average Bonchev–Trinajstić information content (AvgIpc) is 2.29. The lowest BCUT2D eigenvalue weighted by Crippen LogP contribution is -2.38. The van der Waals surface area contributed by atoms with E-state index in [0.717, 1.165) is 37.7 Å². The molecule has 1 aliphatic heterocycles. The van der Waals surface area contributed by atoms with Crippen molar-refractivity contribution in [2.24, 2.45) is 5.92 Å². The summed E-state index contributed by atoms with van der Waals surface area (Å²) in [6.07, 6.45) is 4.32. The molecule has 0 unspecified atom stereocenters. The first-order valence-corrected chi connectivity index (χ1v) is 5.99. The predicted molar refractivity (Wildman–Crippen MR) is 64.6 cm³/mol. The van der Waals surface area contributed by atoms with Gasteiger partial charge in [0.2, 0.25) is 5.91 Å². The molecular formula is C12H20N2O3. The van der Waals surface area contributed by atoms with Gasteiger partial charge in [0.05, 0.1) is 0 Å². The highest BCUT2D eigenvalue weighted by Gasteiger charge is 2.14. The minimum atomic E-state index is -1.11. The smallest absolute Gasteiger partial charge is 0.328 e. The Morgan fingerprint density at radius 3 is 2.59 bits per heavy atom. The van der Waals surface area contributed by atoms with Gasteiger partial charge in [-0.15, -0.1) is 0 Å². The van der Waals surface area contributed by atoms with Gasteiger partial charge in [0.25, 0.3) is 0 Å². The molecule has 5 nitrogen and oxygen atoms in total. The molecule has 1 saturated heterocycles. The molecule has 0 aliphatic carbocycles. The Balaban J connectivity index is 2.11. The van der Waals surface area contributed by atoms with Gasteiger partial charge in [-0.3, -0.25) is 4.79 Å². The van der Waals surface area contributed by atoms with Crippen molar-refractivity contribution >= 4 is 11.9 Å². The van der Waals surface area contributed by atoms with Gasteiger partial charge in [-0.05, 0) is 31.8 Å². The summed E-state index contributed by atoms with van der Waals surface area (Å²) in [7, 11) is 0. The summed E-state index contributed by atoms with van der Waals surface area (Å²) in [5.41, 5.74) is 0. The number of carbonyl (C=O) groups excluding carboxylic acids is 1. The van der Waals surface area contributed by atoms with E-state index in [4.69, 9.17) is 5.11 Å². The second-order valence-corrected chi connectivity index (χ2v) is 4.49. The largest absolute Gasteiger partial charge is 0.478 e. The Morgan fingerprint density at radius 2 is 2.00 bits per heavy atom. The third-order valence-corrected chi connectivity index (χ3v) is 2.98. The summed E-state index contributed by atoms with van der Waals surface area (Å²) in [6, 6.07) is 0. The molecule has 0 aromatic carbocycles. The minimum Gasteiger partial charge on any atom is -0.478 e. The van der Waals surface area contributed by atoms with Crippen molar-refractivity contribution in [2.45, 2.75) is 19.8 Å². The third kappa shape index (κ3) is 6.06. The Morgan fingerprint density at radius 1 is 1.35 bits per heavy atom. The quantitative estimate of drug-likeness (QED) is 0.686. The molecule has 1 heterocycles. The van der Waals surface area contributed by atoms with Gasteiger partial charge in [-0.2, -0.15) is 0 Å². The number of carboxylic acids is 1. The number of carbonyl (C=O) groups is 2. The molecule has 0 atom stereocenters. The standard InChI is InChI=1S/C12H20N2O3/c1-10-4-7-14(8-5-10)9-6-13-11(15)2-3-12(16)17/h2-3,10H,4-9H2,1H3,(H,13,15)(H,16,17). The minimum absolute atomic E-state index is 0.349. The molecule has 96 valence electrons. The molecule has 0 saturated carbocycles. The van der Waals surface area contributed by atoms with Crippen molar-refractivity contribution in [2.75, 3.05) is 26.2 Å². The number of piperidine rings is 1. The van der Waals surface area contributed by atoms with Gasteiger partial charge in [-0.25, -0.2) is 4.79 Å². The van der Waals surface area contributed by atoms with Gasteiger partial charge in [0, 0.05) is 25.2 Å². The lowest BCUT2D eigenvalue weighted by atomic mass is 9.99. The van der Waals surface area contributed by atoms with Crippen molar-refractivity contribution in [3.05, 3.63) is 12.2 Å². The fourth-order valence-corrected chi connectivity index (χ4v) is 1.83. The molecule has 0 spiro atoms. The number of nitrogens with zero attached hydrogens (tertiary/aromatic N) is 1. The summed E-state index contributed by atoms with van der Waals surface area (Å²) in [4.78, 5) is 23.7. The Bertz CT molecular complexity index is 294. The van der Waals surface area contributed by atoms with Crippen LogP contribution in [0.3, 0.4) is 0 Å². The zero-order chi connectivity index (χ0) is 12.7. The molecular weight excluding hydrogens is 220 g/mol. The van der Waals surface area contributed by atoms with Gasteiger partial charge in [0.15, 0.2) is 0 Å². The van der Waals surface area contributed by atoms with Gasteiger partial charge in [-0.1, -0.05) is 6.92 Å². The number of carboxylic acid groups (broad SMARTS) is 1. The first-order valence-electron chi connectivity index (χ1n) is 5.99. The predicted octanol–water partition coefficient (Wildman–Crippen LogP) is 0.475. The highest BCUT2D eigenvalue weighted by Crippen LogP contribution is 2.14. The molecule has 1 amide bonds. The number of likely N-dealkylation sites (tertiary alicyclic amines) is 1. The molecule has 5 heteroatoms. The topological polar surface area (TPSA) is 69.6 Å². The van der Waals surface area contributed by atoms with Gasteiger partial charge in [0.1, 0.15) is 0 Å². The van der Waals surface area contributed by atoms with E-state index in [9.17, 15) is 9.59 Å². The van der Waals surface area contributed by atoms with E-state index in [2.05, 4.69) is 17.1 Å². The molecule has 2 N–H and O–H groups in total. The van der Waals surface area contributed by atoms with E-state index in [1.165, 1.54) is 12.8 Å². The average molecular weight is 240 g/mol. The van der Waals surface area contributed by atoms with Crippen LogP contribution in [-0.2, 0) is 9.59 Å². The van der Waals surface area contributed by atoms with Crippen LogP contribution < -0.4 is 5.32 Å². The fraction of sp³-hybridized carbons (Fsp3) is 0.667. The Labute approximate surface area is 101 Å². The van der Waals surface area contributed by atoms with Crippen molar-refractivity contribution < 1.29 is 14.7 Å². The molecule has 0 aromatic heterocycles. The maximum absolute atomic E-state index is 11.2. The van der Waals surface area contributed by atoms with Crippen LogP contribution in [0.4, 0.5) is 0 Å². The highest BCUT2D eigenvalue weighted by atomic mass is 16.4. The molecule has 0 bridgehead atoms. The maximum atomic E-state index is 11.2. The van der Waals surface area contributed by atoms with Gasteiger partial charge >= 0.3 is 5.97 Å². The molecule has 1 rings (SSSR count). The summed E-state index contributed by atoms with van der Waals surface area (Å²) in [5, 5.41) is 11.0. The SMILES string of the molecule is CC1CCN(CCNC(=O)C=CC(=O)O)CC1. The molecule has 17 heavy (non-hydrogen) atoms. The lowest BCUT2D eigenvalue weighted by Gasteiger charge is -2.29. The second-order valence-electron chi connectivity index (χ2n) is 4.49. The number of nitrogens with one attached hydrogen (secondary N) is 1. The van der Waals surface area contributed by atoms with Crippen LogP contribution in [-0.4, -0.2) is 48.1 Å². The van der Waals surface area contributed by atoms with Crippen molar-refractivity contribution in [1.82, 2.24) is 10.2 Å². The fourth-order valence-electron chi connectivity index (χ4n) is 1.83. The van der Waals surface area contributed by atoms with Gasteiger partial charge < -0.3 is 15.3 Å². The van der Waals surface area contributed by atoms with Crippen molar-refractivity contribution in [3.63, 3.8) is 0 Å². The molecule has 0 radical (unpaired) electrons. The Kier molecular flexibility index (Phi) is 5.69. The van der Waals surface area contributed by atoms with Crippen LogP contribution in [0.25, 0.3) is 0 Å². The van der Waals surface area contributed by atoms with E-state index < -0.39 is 5.97 Å². The molecule has 1 fully saturated rings. The number of hydrogen-bond donors (Lipinski definition) is 2. The summed E-state index contributed by atoms with van der Waals surface area (Å²) in [5.74, 6) is -0.651. The molecule has 0 aromatic rings. The summed E-state index contributed by atoms with van der Waals surface area (Å²) in [6.45, 7) is 5.83. The maximum Gasteiger partial charge on any atom is 0.328 e.